The van der Waals surface area contributed by atoms with Gasteiger partial charge >= 0.3 is 5.97 Å². The van der Waals surface area contributed by atoms with Crippen LogP contribution in [0.3, 0.4) is 0 Å². The van der Waals surface area contributed by atoms with E-state index in [2.05, 4.69) is 20.3 Å². The van der Waals surface area contributed by atoms with E-state index in [9.17, 15) is 9.59 Å². The normalized spacial score (nSPS) is 11.8. The maximum atomic E-state index is 12.4. The molecule has 0 aliphatic rings. The highest BCUT2D eigenvalue weighted by atomic mass is 32.1. The van der Waals surface area contributed by atoms with Crippen LogP contribution in [0, 0.1) is 0 Å². The van der Waals surface area contributed by atoms with Crippen LogP contribution in [0.4, 0.5) is 5.13 Å². The van der Waals surface area contributed by atoms with E-state index in [1.807, 2.05) is 41.8 Å². The number of ether oxygens (including phenoxy) is 1. The van der Waals surface area contributed by atoms with Gasteiger partial charge in [0.25, 0.3) is 5.91 Å². The molecule has 2 aromatic heterocycles. The Morgan fingerprint density at radius 1 is 1.00 bits per heavy atom. The topological polar surface area (TPSA) is 94.1 Å². The van der Waals surface area contributed by atoms with Crippen LogP contribution in [0.1, 0.15) is 17.4 Å². The Morgan fingerprint density at radius 2 is 1.72 bits per heavy atom. The van der Waals surface area contributed by atoms with E-state index < -0.39 is 18.0 Å². The lowest BCUT2D eigenvalue weighted by Gasteiger charge is -2.12. The van der Waals surface area contributed by atoms with Crippen molar-refractivity contribution in [1.29, 1.82) is 0 Å². The fourth-order valence-electron chi connectivity index (χ4n) is 2.61. The van der Waals surface area contributed by atoms with Gasteiger partial charge in [0.05, 0.1) is 22.9 Å². The lowest BCUT2D eigenvalue weighted by molar-refractivity contribution is -0.123. The van der Waals surface area contributed by atoms with Gasteiger partial charge in [0.15, 0.2) is 16.9 Å². The summed E-state index contributed by atoms with van der Waals surface area (Å²) in [6, 6.07) is 16.8. The van der Waals surface area contributed by atoms with Crippen molar-refractivity contribution in [2.24, 2.45) is 0 Å². The van der Waals surface area contributed by atoms with Gasteiger partial charge in [0, 0.05) is 10.9 Å². The molecule has 0 spiro atoms. The molecule has 29 heavy (non-hydrogen) atoms. The SMILES string of the molecule is CC(OC(=O)c1cnc2ccccc2n1)C(=O)Nc1nc(-c2ccccc2)cs1. The summed E-state index contributed by atoms with van der Waals surface area (Å²) in [5, 5.41) is 4.96. The Hall–Kier alpha value is -3.65. The highest BCUT2D eigenvalue weighted by Crippen LogP contribution is 2.24. The number of rotatable bonds is 5. The molecule has 0 saturated heterocycles. The third kappa shape index (κ3) is 4.27. The van der Waals surface area contributed by atoms with Crippen molar-refractivity contribution in [2.75, 3.05) is 5.32 Å². The molecule has 0 fully saturated rings. The van der Waals surface area contributed by atoms with Gasteiger partial charge in [0.2, 0.25) is 0 Å². The molecule has 4 aromatic rings. The minimum Gasteiger partial charge on any atom is -0.448 e. The molecule has 1 atom stereocenters. The predicted octanol–water partition coefficient (Wildman–Crippen LogP) is 3.94. The van der Waals surface area contributed by atoms with Gasteiger partial charge in [-0.05, 0) is 19.1 Å². The third-order valence-electron chi connectivity index (χ3n) is 4.11. The molecular formula is C21H16N4O3S. The highest BCUT2D eigenvalue weighted by Gasteiger charge is 2.21. The van der Waals surface area contributed by atoms with Crippen molar-refractivity contribution < 1.29 is 14.3 Å². The molecule has 2 heterocycles. The smallest absolute Gasteiger partial charge is 0.359 e. The van der Waals surface area contributed by atoms with Crippen LogP contribution >= 0.6 is 11.3 Å². The van der Waals surface area contributed by atoms with E-state index in [0.29, 0.717) is 16.2 Å². The van der Waals surface area contributed by atoms with Crippen molar-refractivity contribution in [1.82, 2.24) is 15.0 Å². The minimum atomic E-state index is -1.01. The van der Waals surface area contributed by atoms with E-state index in [4.69, 9.17) is 4.74 Å². The van der Waals surface area contributed by atoms with Gasteiger partial charge in [0.1, 0.15) is 0 Å². The fourth-order valence-corrected chi connectivity index (χ4v) is 3.33. The van der Waals surface area contributed by atoms with Gasteiger partial charge in [-0.15, -0.1) is 11.3 Å². The quantitative estimate of drug-likeness (QED) is 0.507. The second-order valence-corrected chi connectivity index (χ2v) is 7.04. The van der Waals surface area contributed by atoms with Crippen molar-refractivity contribution >= 4 is 39.4 Å². The Labute approximate surface area is 170 Å². The molecular weight excluding hydrogens is 388 g/mol. The van der Waals surface area contributed by atoms with Crippen molar-refractivity contribution in [3.63, 3.8) is 0 Å². The zero-order valence-corrected chi connectivity index (χ0v) is 16.2. The Morgan fingerprint density at radius 3 is 2.52 bits per heavy atom. The van der Waals surface area contributed by atoms with Gasteiger partial charge in [-0.2, -0.15) is 0 Å². The summed E-state index contributed by atoms with van der Waals surface area (Å²) in [5.41, 5.74) is 3.02. The number of fused-ring (bicyclic) bond motifs is 1. The average molecular weight is 404 g/mol. The number of aromatic nitrogens is 3. The summed E-state index contributed by atoms with van der Waals surface area (Å²) < 4.78 is 5.23. The van der Waals surface area contributed by atoms with Crippen LogP contribution in [-0.2, 0) is 9.53 Å². The van der Waals surface area contributed by atoms with Crippen LogP contribution in [-0.4, -0.2) is 32.9 Å². The molecule has 7 nitrogen and oxygen atoms in total. The summed E-state index contributed by atoms with van der Waals surface area (Å²) >= 11 is 1.30. The molecule has 0 bridgehead atoms. The van der Waals surface area contributed by atoms with Gasteiger partial charge in [-0.1, -0.05) is 42.5 Å². The van der Waals surface area contributed by atoms with E-state index in [1.165, 1.54) is 24.5 Å². The lowest BCUT2D eigenvalue weighted by atomic mass is 10.2. The fraction of sp³-hybridized carbons (Fsp3) is 0.0952. The number of carbonyl (C=O) groups is 2. The van der Waals surface area contributed by atoms with Crippen LogP contribution in [0.25, 0.3) is 22.3 Å². The minimum absolute atomic E-state index is 0.0453. The van der Waals surface area contributed by atoms with Crippen LogP contribution < -0.4 is 5.32 Å². The Balaban J connectivity index is 1.40. The first-order chi connectivity index (χ1) is 14.1. The largest absolute Gasteiger partial charge is 0.448 e. The summed E-state index contributed by atoms with van der Waals surface area (Å²) in [6.07, 6.45) is 0.322. The Bertz CT molecular complexity index is 1180. The van der Waals surface area contributed by atoms with E-state index in [0.717, 1.165) is 11.3 Å². The number of nitrogens with zero attached hydrogens (tertiary/aromatic N) is 3. The molecule has 1 amide bonds. The maximum Gasteiger partial charge on any atom is 0.359 e. The van der Waals surface area contributed by atoms with Crippen molar-refractivity contribution in [3.8, 4) is 11.3 Å². The molecule has 8 heteroatoms. The van der Waals surface area contributed by atoms with Crippen LogP contribution in [0.5, 0.6) is 0 Å². The number of carbonyl (C=O) groups excluding carboxylic acids is 2. The van der Waals surface area contributed by atoms with E-state index >= 15 is 0 Å². The number of hydrogen-bond donors (Lipinski definition) is 1. The van der Waals surface area contributed by atoms with E-state index in [1.54, 1.807) is 18.2 Å². The molecule has 0 aliphatic heterocycles. The summed E-state index contributed by atoms with van der Waals surface area (Å²) in [5.74, 6) is -1.18. The second kappa shape index (κ2) is 8.15. The molecule has 144 valence electrons. The number of thiazole rings is 1. The average Bonchev–Trinajstić information content (AvgIpc) is 3.22. The number of anilines is 1. The van der Waals surface area contributed by atoms with Gasteiger partial charge in [-0.25, -0.2) is 14.8 Å². The lowest BCUT2D eigenvalue weighted by Crippen LogP contribution is -2.30. The maximum absolute atomic E-state index is 12.4. The monoisotopic (exact) mass is 404 g/mol. The Kier molecular flexibility index (Phi) is 5.26. The molecule has 1 unspecified atom stereocenters. The number of benzene rings is 2. The third-order valence-corrected chi connectivity index (χ3v) is 4.87. The molecule has 2 aromatic carbocycles. The molecule has 0 saturated carbocycles. The summed E-state index contributed by atoms with van der Waals surface area (Å²) in [7, 11) is 0. The summed E-state index contributed by atoms with van der Waals surface area (Å²) in [6.45, 7) is 1.49. The number of amides is 1. The molecule has 0 radical (unpaired) electrons. The van der Waals surface area contributed by atoms with Crippen molar-refractivity contribution in [2.45, 2.75) is 13.0 Å². The van der Waals surface area contributed by atoms with Gasteiger partial charge in [-0.3, -0.25) is 15.1 Å². The first-order valence-electron chi connectivity index (χ1n) is 8.85. The number of nitrogens with one attached hydrogen (secondary N) is 1. The van der Waals surface area contributed by atoms with Crippen LogP contribution in [0.2, 0.25) is 0 Å². The highest BCUT2D eigenvalue weighted by molar-refractivity contribution is 7.14. The molecule has 4 rings (SSSR count). The first-order valence-corrected chi connectivity index (χ1v) is 9.73. The number of esters is 1. The summed E-state index contributed by atoms with van der Waals surface area (Å²) in [4.78, 5) is 37.5. The first kappa shape index (κ1) is 18.7. The number of para-hydroxylation sites is 2. The van der Waals surface area contributed by atoms with Gasteiger partial charge < -0.3 is 4.74 Å². The van der Waals surface area contributed by atoms with E-state index in [-0.39, 0.29) is 5.69 Å². The standard InChI is InChI=1S/C21H16N4O3S/c1-13(28-20(27)17-11-22-15-9-5-6-10-16(15)23-17)19(26)25-21-24-18(12-29-21)14-7-3-2-4-8-14/h2-13H,1H3,(H,24,25,26). The molecule has 1 N–H and O–H groups in total. The zero-order valence-electron chi connectivity index (χ0n) is 15.4. The number of hydrogen-bond acceptors (Lipinski definition) is 7. The zero-order chi connectivity index (χ0) is 20.2. The second-order valence-electron chi connectivity index (χ2n) is 6.18. The van der Waals surface area contributed by atoms with Crippen molar-refractivity contribution in [3.05, 3.63) is 71.9 Å². The predicted molar refractivity (Wildman–Crippen MR) is 111 cm³/mol. The van der Waals surface area contributed by atoms with Crippen LogP contribution in [0.15, 0.2) is 66.2 Å². The molecule has 0 aliphatic carbocycles.